The van der Waals surface area contributed by atoms with E-state index in [0.29, 0.717) is 16.6 Å². The summed E-state index contributed by atoms with van der Waals surface area (Å²) in [7, 11) is 0. The van der Waals surface area contributed by atoms with Crippen LogP contribution in [0, 0.1) is 74.0 Å². The Balaban J connectivity index is 0.000000114. The molecular weight excluding hydrogens is 769 g/mol. The predicted molar refractivity (Wildman–Crippen MR) is 265 cm³/mol. The molecule has 0 saturated heterocycles. The third kappa shape index (κ3) is 9.72. The highest BCUT2D eigenvalue weighted by Gasteiger charge is 2.54. The first-order valence-electron chi connectivity index (χ1n) is 25.5. The van der Waals surface area contributed by atoms with E-state index in [1.807, 2.05) is 37.3 Å². The van der Waals surface area contributed by atoms with E-state index in [1.54, 1.807) is 0 Å². The Morgan fingerprint density at radius 3 is 1.14 bits per heavy atom. The zero-order chi connectivity index (χ0) is 43.3. The van der Waals surface area contributed by atoms with E-state index in [4.69, 9.17) is 9.98 Å². The lowest BCUT2D eigenvalue weighted by Gasteiger charge is -2.58. The Hall–Kier alpha value is -3.93. The number of nitrogens with zero attached hydrogens (tertiary/aromatic N) is 3. The van der Waals surface area contributed by atoms with Crippen LogP contribution in [0.15, 0.2) is 87.8 Å². The molecule has 0 unspecified atom stereocenters. The van der Waals surface area contributed by atoms with E-state index in [2.05, 4.69) is 98.0 Å². The number of aliphatic imine (C=N–C) groups is 3. The largest absolute Gasteiger partial charge is 0.369 e. The summed E-state index contributed by atoms with van der Waals surface area (Å²) in [5, 5.41) is 11.2. The molecule has 0 spiro atoms. The number of hydrogen-bond donors (Lipinski definition) is 3. The Morgan fingerprint density at radius 1 is 0.413 bits per heavy atom. The van der Waals surface area contributed by atoms with Crippen LogP contribution in [-0.2, 0) is 0 Å². The minimum absolute atomic E-state index is 0.341. The maximum absolute atomic E-state index is 5.45. The molecule has 63 heavy (non-hydrogen) atoms. The predicted octanol–water partition coefficient (Wildman–Crippen LogP) is 14.0. The van der Waals surface area contributed by atoms with Gasteiger partial charge in [-0.25, -0.2) is 9.98 Å². The lowest BCUT2D eigenvalue weighted by atomic mass is 9.53. The van der Waals surface area contributed by atoms with Crippen LogP contribution < -0.4 is 16.0 Å². The van der Waals surface area contributed by atoms with Crippen LogP contribution in [-0.4, -0.2) is 34.1 Å². The van der Waals surface area contributed by atoms with E-state index in [0.717, 1.165) is 82.0 Å². The maximum Gasteiger partial charge on any atom is 0.103 e. The summed E-state index contributed by atoms with van der Waals surface area (Å²) in [6.07, 6.45) is 26.3. The number of para-hydroxylation sites is 3. The summed E-state index contributed by atoms with van der Waals surface area (Å²) < 4.78 is 0. The van der Waals surface area contributed by atoms with Gasteiger partial charge >= 0.3 is 0 Å². The van der Waals surface area contributed by atoms with Crippen molar-refractivity contribution in [3.05, 3.63) is 89.5 Å². The number of hydrogen-bond acceptors (Lipinski definition) is 3. The van der Waals surface area contributed by atoms with Gasteiger partial charge in [-0.05, 0) is 245 Å². The molecule has 3 aromatic carbocycles. The first kappa shape index (κ1) is 43.0. The second-order valence-corrected chi connectivity index (χ2v) is 23.4. The van der Waals surface area contributed by atoms with Crippen molar-refractivity contribution in [3.8, 4) is 0 Å². The topological polar surface area (TPSA) is 73.2 Å². The van der Waals surface area contributed by atoms with E-state index in [-0.39, 0.29) is 0 Å². The molecule has 3 aromatic rings. The highest BCUT2D eigenvalue weighted by Crippen LogP contribution is 2.59. The van der Waals surface area contributed by atoms with Gasteiger partial charge in [-0.3, -0.25) is 4.99 Å². The van der Waals surface area contributed by atoms with Gasteiger partial charge in [0.15, 0.2) is 0 Å². The Morgan fingerprint density at radius 2 is 0.746 bits per heavy atom. The molecule has 0 aliphatic heterocycles. The van der Waals surface area contributed by atoms with Gasteiger partial charge in [0, 0.05) is 16.8 Å². The standard InChI is InChI=1S/C22H34N2.C19H26N2.C16H18N2/c1-14(23-21-8-15-2-16(9-21)4-17(3-15)10-21)24-22-11-18-5-19(12-22)7-20(6-18)13-22;1-13-5-3-4-6-18(13)20-14(2)21-19-10-15-7-16(11-19)9-17(8-15)12-19;1-12-8-4-6-10-15(12)17-14(3)18-16-11-7-5-9-13(16)2/h15-20H,2-13H2,1H3,(H,23,24);3-6,15-17H,7-12H2,1-2H3,(H,20,21);4-11H,1-3H3,(H,17,18). The fourth-order valence-corrected chi connectivity index (χ4v) is 16.6. The van der Waals surface area contributed by atoms with E-state index in [1.165, 1.54) is 138 Å². The van der Waals surface area contributed by atoms with Crippen molar-refractivity contribution in [2.24, 2.45) is 68.2 Å². The highest BCUT2D eigenvalue weighted by atomic mass is 15.1. The summed E-state index contributed by atoms with van der Waals surface area (Å²) in [6.45, 7) is 12.7. The molecule has 336 valence electrons. The normalized spacial score (nSPS) is 37.8. The molecule has 3 N–H and O–H groups in total. The van der Waals surface area contributed by atoms with Crippen molar-refractivity contribution < 1.29 is 0 Å². The fraction of sp³-hybridized carbons (Fsp3) is 0.632. The van der Waals surface area contributed by atoms with Crippen LogP contribution in [0.4, 0.5) is 17.1 Å². The molecule has 0 amide bonds. The molecule has 12 saturated carbocycles. The van der Waals surface area contributed by atoms with Gasteiger partial charge in [-0.1, -0.05) is 54.6 Å². The molecule has 15 rings (SSSR count). The third-order valence-corrected chi connectivity index (χ3v) is 17.6. The van der Waals surface area contributed by atoms with Gasteiger partial charge in [0.1, 0.15) is 5.84 Å². The van der Waals surface area contributed by atoms with E-state index < -0.39 is 0 Å². The van der Waals surface area contributed by atoms with Crippen LogP contribution >= 0.6 is 0 Å². The Labute approximate surface area is 380 Å². The van der Waals surface area contributed by atoms with Gasteiger partial charge in [0.05, 0.1) is 28.6 Å². The molecule has 0 heterocycles. The van der Waals surface area contributed by atoms with E-state index >= 15 is 0 Å². The summed E-state index contributed by atoms with van der Waals surface area (Å²) >= 11 is 0. The molecule has 6 heteroatoms. The lowest BCUT2D eigenvalue weighted by molar-refractivity contribution is -0.0118. The zero-order valence-corrected chi connectivity index (χ0v) is 39.7. The molecule has 0 radical (unpaired) electrons. The zero-order valence-electron chi connectivity index (χ0n) is 39.7. The van der Waals surface area contributed by atoms with Crippen LogP contribution in [0.5, 0.6) is 0 Å². The smallest absolute Gasteiger partial charge is 0.103 e. The highest BCUT2D eigenvalue weighted by molar-refractivity contribution is 5.96. The van der Waals surface area contributed by atoms with Crippen LogP contribution in [0.25, 0.3) is 0 Å². The minimum atomic E-state index is 0.341. The van der Waals surface area contributed by atoms with E-state index in [9.17, 15) is 0 Å². The number of aryl methyl sites for hydroxylation is 3. The van der Waals surface area contributed by atoms with Crippen LogP contribution in [0.2, 0.25) is 0 Å². The molecule has 12 bridgehead atoms. The number of rotatable bonds is 6. The Kier molecular flexibility index (Phi) is 11.9. The maximum atomic E-state index is 5.45. The number of benzene rings is 3. The van der Waals surface area contributed by atoms with Crippen molar-refractivity contribution in [2.45, 2.75) is 174 Å². The minimum Gasteiger partial charge on any atom is -0.369 e. The third-order valence-electron chi connectivity index (χ3n) is 17.6. The summed E-state index contributed by atoms with van der Waals surface area (Å²) in [5.74, 6) is 12.3. The average molecular weight is 847 g/mol. The van der Waals surface area contributed by atoms with Crippen molar-refractivity contribution >= 4 is 34.6 Å². The van der Waals surface area contributed by atoms with Crippen molar-refractivity contribution in [2.75, 3.05) is 5.32 Å². The summed E-state index contributed by atoms with van der Waals surface area (Å²) in [5.41, 5.74) is 8.02. The Bertz CT molecular complexity index is 2100. The quantitative estimate of drug-likeness (QED) is 0.171. The van der Waals surface area contributed by atoms with Gasteiger partial charge in [-0.15, -0.1) is 0 Å². The number of nitrogens with one attached hydrogen (secondary N) is 3. The van der Waals surface area contributed by atoms with Gasteiger partial charge in [-0.2, -0.15) is 0 Å². The molecule has 12 aliphatic rings. The molecule has 0 aromatic heterocycles. The van der Waals surface area contributed by atoms with Gasteiger partial charge in [0.2, 0.25) is 0 Å². The SMILES string of the molecule is CC(=NC12CC3CC(CC(C3)C1)C2)NC12CC3CC(CC(C3)C1)C2.CC(=Nc1ccccc1C)NC12CC3CC(CC(C3)C1)C2.CC(=Nc1ccccc1C)Nc1ccccc1C. The van der Waals surface area contributed by atoms with Crippen LogP contribution in [0.1, 0.15) is 153 Å². The first-order chi connectivity index (χ1) is 30.4. The van der Waals surface area contributed by atoms with Crippen LogP contribution in [0.3, 0.4) is 0 Å². The first-order valence-corrected chi connectivity index (χ1v) is 25.5. The molecular formula is C57H78N6. The summed E-state index contributed by atoms with van der Waals surface area (Å²) in [6, 6.07) is 24.7. The molecule has 0 atom stereocenters. The van der Waals surface area contributed by atoms with Crippen molar-refractivity contribution in [3.63, 3.8) is 0 Å². The molecule has 12 fully saturated rings. The average Bonchev–Trinajstić information content (AvgIpc) is 3.19. The fourth-order valence-electron chi connectivity index (χ4n) is 16.6. The number of anilines is 1. The lowest BCUT2D eigenvalue weighted by Crippen LogP contribution is -2.60. The van der Waals surface area contributed by atoms with Gasteiger partial charge < -0.3 is 16.0 Å². The van der Waals surface area contributed by atoms with Crippen molar-refractivity contribution in [1.29, 1.82) is 0 Å². The molecule has 12 aliphatic carbocycles. The van der Waals surface area contributed by atoms with Gasteiger partial charge in [0.25, 0.3) is 0 Å². The second kappa shape index (κ2) is 17.5. The monoisotopic (exact) mass is 847 g/mol. The molecule has 6 nitrogen and oxygen atoms in total. The number of amidine groups is 3. The summed E-state index contributed by atoms with van der Waals surface area (Å²) in [4.78, 5) is 14.9. The second-order valence-electron chi connectivity index (χ2n) is 23.4. The van der Waals surface area contributed by atoms with Crippen molar-refractivity contribution in [1.82, 2.24) is 10.6 Å².